The normalized spacial score (nSPS) is 11.2. The number of benzene rings is 2. The fourth-order valence-electron chi connectivity index (χ4n) is 3.56. The van der Waals surface area contributed by atoms with Gasteiger partial charge in [0, 0.05) is 17.4 Å². The van der Waals surface area contributed by atoms with E-state index in [9.17, 15) is 10.1 Å². The Kier molecular flexibility index (Phi) is 3.77. The Morgan fingerprint density at radius 1 is 1.00 bits per heavy atom. The number of nitro groups is 1. The first-order chi connectivity index (χ1) is 14.1. The lowest BCUT2D eigenvalue weighted by Crippen LogP contribution is -1.99. The van der Waals surface area contributed by atoms with Crippen molar-refractivity contribution in [2.75, 3.05) is 5.32 Å². The van der Waals surface area contributed by atoms with Crippen molar-refractivity contribution in [3.63, 3.8) is 0 Å². The van der Waals surface area contributed by atoms with Crippen LogP contribution in [0.1, 0.15) is 5.82 Å². The summed E-state index contributed by atoms with van der Waals surface area (Å²) in [6.45, 7) is 1.95. The van der Waals surface area contributed by atoms with Gasteiger partial charge in [0.25, 0.3) is 0 Å². The zero-order valence-electron chi connectivity index (χ0n) is 15.5. The van der Waals surface area contributed by atoms with E-state index in [-0.39, 0.29) is 11.6 Å². The highest BCUT2D eigenvalue weighted by atomic mass is 16.6. The van der Waals surface area contributed by atoms with Gasteiger partial charge >= 0.3 is 5.82 Å². The van der Waals surface area contributed by atoms with Gasteiger partial charge < -0.3 is 15.4 Å². The number of pyridine rings is 1. The van der Waals surface area contributed by atoms with Gasteiger partial charge in [-0.05, 0) is 48.2 Å². The molecular weight excluding hydrogens is 368 g/mol. The average molecular weight is 384 g/mol. The SMILES string of the molecule is Cc1nc2cc(Nc3nc4ccccn4c3[N+](=O)[O-])ccc2n1-c1ccccc1. The van der Waals surface area contributed by atoms with Gasteiger partial charge in [0.1, 0.15) is 5.82 Å². The number of imidazole rings is 2. The summed E-state index contributed by atoms with van der Waals surface area (Å²) >= 11 is 0. The van der Waals surface area contributed by atoms with Gasteiger partial charge in [-0.1, -0.05) is 24.3 Å². The molecule has 8 nitrogen and oxygen atoms in total. The number of aromatic nitrogens is 4. The fourth-order valence-corrected chi connectivity index (χ4v) is 3.56. The molecule has 2 aromatic carbocycles. The van der Waals surface area contributed by atoms with Crippen molar-refractivity contribution in [3.05, 3.63) is 88.9 Å². The first-order valence-electron chi connectivity index (χ1n) is 9.05. The Bertz CT molecular complexity index is 1370. The highest BCUT2D eigenvalue weighted by Crippen LogP contribution is 2.30. The highest BCUT2D eigenvalue weighted by molar-refractivity contribution is 5.83. The second kappa shape index (κ2) is 6.45. The maximum atomic E-state index is 11.6. The second-order valence-electron chi connectivity index (χ2n) is 6.63. The summed E-state index contributed by atoms with van der Waals surface area (Å²) in [5, 5.41) is 14.7. The quantitative estimate of drug-likeness (QED) is 0.360. The fraction of sp³-hybridized carbons (Fsp3) is 0.0476. The zero-order valence-corrected chi connectivity index (χ0v) is 15.5. The van der Waals surface area contributed by atoms with Crippen LogP contribution in [0.4, 0.5) is 17.3 Å². The number of hydrogen-bond acceptors (Lipinski definition) is 5. The summed E-state index contributed by atoms with van der Waals surface area (Å²) in [5.41, 5.74) is 3.98. The average Bonchev–Trinajstić information content (AvgIpc) is 3.24. The van der Waals surface area contributed by atoms with Crippen molar-refractivity contribution in [3.8, 4) is 5.69 Å². The molecule has 0 aliphatic heterocycles. The summed E-state index contributed by atoms with van der Waals surface area (Å²) < 4.78 is 3.53. The van der Waals surface area contributed by atoms with Crippen molar-refractivity contribution in [2.24, 2.45) is 0 Å². The molecule has 0 aliphatic carbocycles. The van der Waals surface area contributed by atoms with Crippen molar-refractivity contribution >= 4 is 34.0 Å². The molecule has 0 aliphatic rings. The van der Waals surface area contributed by atoms with Gasteiger partial charge in [0.2, 0.25) is 11.5 Å². The maximum Gasteiger partial charge on any atom is 0.372 e. The molecule has 5 aromatic rings. The van der Waals surface area contributed by atoms with Crippen molar-refractivity contribution < 1.29 is 4.92 Å². The number of hydrogen-bond donors (Lipinski definition) is 1. The van der Waals surface area contributed by atoms with Crippen LogP contribution in [0.25, 0.3) is 22.4 Å². The van der Waals surface area contributed by atoms with Crippen LogP contribution in [0.3, 0.4) is 0 Å². The number of nitrogens with one attached hydrogen (secondary N) is 1. The van der Waals surface area contributed by atoms with E-state index in [1.807, 2.05) is 55.5 Å². The van der Waals surface area contributed by atoms with Gasteiger partial charge in [-0.15, -0.1) is 0 Å². The standard InChI is InChI=1S/C21H16N6O2/c1-14-22-17-13-15(10-11-18(17)26(14)16-7-3-2-4-8-16)23-20-21(27(28)29)25-12-6-5-9-19(25)24-20/h2-13,23H,1H3. The molecule has 5 rings (SSSR count). The molecule has 0 saturated carbocycles. The monoisotopic (exact) mass is 384 g/mol. The van der Waals surface area contributed by atoms with Gasteiger partial charge in [0.15, 0.2) is 0 Å². The number of para-hydroxylation sites is 1. The molecule has 3 aromatic heterocycles. The van der Waals surface area contributed by atoms with Gasteiger partial charge in [-0.3, -0.25) is 4.57 Å². The Morgan fingerprint density at radius 3 is 2.59 bits per heavy atom. The Morgan fingerprint density at radius 2 is 1.79 bits per heavy atom. The predicted octanol–water partition coefficient (Wildman–Crippen LogP) is 4.63. The van der Waals surface area contributed by atoms with Crippen LogP contribution in [-0.2, 0) is 0 Å². The topological polar surface area (TPSA) is 90.3 Å². The number of fused-ring (bicyclic) bond motifs is 2. The summed E-state index contributed by atoms with van der Waals surface area (Å²) in [6.07, 6.45) is 1.62. The largest absolute Gasteiger partial charge is 0.372 e. The van der Waals surface area contributed by atoms with Crippen molar-refractivity contribution in [2.45, 2.75) is 6.92 Å². The van der Waals surface area contributed by atoms with Gasteiger partial charge in [-0.25, -0.2) is 4.98 Å². The van der Waals surface area contributed by atoms with E-state index in [2.05, 4.69) is 19.9 Å². The van der Waals surface area contributed by atoms with Crippen LogP contribution in [0.15, 0.2) is 72.9 Å². The minimum atomic E-state index is -0.435. The molecule has 0 amide bonds. The van der Waals surface area contributed by atoms with E-state index in [0.717, 1.165) is 22.5 Å². The third kappa shape index (κ3) is 2.78. The molecule has 8 heteroatoms. The molecule has 0 radical (unpaired) electrons. The molecule has 3 heterocycles. The number of rotatable bonds is 4. The van der Waals surface area contributed by atoms with E-state index in [4.69, 9.17) is 0 Å². The summed E-state index contributed by atoms with van der Waals surface area (Å²) in [6, 6.07) is 20.9. The summed E-state index contributed by atoms with van der Waals surface area (Å²) in [4.78, 5) is 20.2. The van der Waals surface area contributed by atoms with Crippen LogP contribution >= 0.6 is 0 Å². The molecule has 1 N–H and O–H groups in total. The molecule has 0 bridgehead atoms. The maximum absolute atomic E-state index is 11.6. The number of aryl methyl sites for hydroxylation is 1. The molecule has 0 fully saturated rings. The van der Waals surface area contributed by atoms with Gasteiger partial charge in [0.05, 0.1) is 17.2 Å². The minimum absolute atomic E-state index is 0.105. The van der Waals surface area contributed by atoms with E-state index in [0.29, 0.717) is 11.3 Å². The number of anilines is 2. The lowest BCUT2D eigenvalue weighted by molar-refractivity contribution is -0.389. The minimum Gasteiger partial charge on any atom is -0.358 e. The Hall–Kier alpha value is -4.20. The first kappa shape index (κ1) is 16.9. The second-order valence-corrected chi connectivity index (χ2v) is 6.63. The molecule has 0 atom stereocenters. The van der Waals surface area contributed by atoms with Crippen LogP contribution < -0.4 is 5.32 Å². The summed E-state index contributed by atoms with van der Waals surface area (Å²) in [7, 11) is 0. The third-order valence-electron chi connectivity index (χ3n) is 4.78. The zero-order chi connectivity index (χ0) is 20.0. The van der Waals surface area contributed by atoms with Crippen LogP contribution in [0.5, 0.6) is 0 Å². The van der Waals surface area contributed by atoms with Crippen LogP contribution in [-0.4, -0.2) is 23.9 Å². The molecule has 142 valence electrons. The van der Waals surface area contributed by atoms with Crippen LogP contribution in [0, 0.1) is 17.0 Å². The van der Waals surface area contributed by atoms with E-state index < -0.39 is 4.92 Å². The van der Waals surface area contributed by atoms with E-state index in [1.54, 1.807) is 24.4 Å². The van der Waals surface area contributed by atoms with Gasteiger partial charge in [-0.2, -0.15) is 9.38 Å². The predicted molar refractivity (Wildman–Crippen MR) is 111 cm³/mol. The molecule has 0 spiro atoms. The smallest absolute Gasteiger partial charge is 0.358 e. The summed E-state index contributed by atoms with van der Waals surface area (Å²) in [5.74, 6) is 0.952. The van der Waals surface area contributed by atoms with E-state index >= 15 is 0 Å². The van der Waals surface area contributed by atoms with E-state index in [1.165, 1.54) is 4.40 Å². The lowest BCUT2D eigenvalue weighted by atomic mass is 10.2. The van der Waals surface area contributed by atoms with Crippen LogP contribution in [0.2, 0.25) is 0 Å². The molecule has 0 saturated heterocycles. The Labute approximate surface area is 165 Å². The van der Waals surface area contributed by atoms with Crippen molar-refractivity contribution in [1.29, 1.82) is 0 Å². The Balaban J connectivity index is 1.59. The number of nitrogens with zero attached hydrogens (tertiary/aromatic N) is 5. The molecular formula is C21H16N6O2. The third-order valence-corrected chi connectivity index (χ3v) is 4.78. The molecule has 0 unspecified atom stereocenters. The first-order valence-corrected chi connectivity index (χ1v) is 9.05. The molecule has 29 heavy (non-hydrogen) atoms. The highest BCUT2D eigenvalue weighted by Gasteiger charge is 2.22. The lowest BCUT2D eigenvalue weighted by Gasteiger charge is -2.07. The van der Waals surface area contributed by atoms with Crippen molar-refractivity contribution in [1.82, 2.24) is 18.9 Å².